The number of fused-ring (bicyclic) bond motifs is 2. The van der Waals surface area contributed by atoms with Gasteiger partial charge in [-0.1, -0.05) is 45.4 Å². The van der Waals surface area contributed by atoms with Gasteiger partial charge in [-0.05, 0) is 50.3 Å². The van der Waals surface area contributed by atoms with Crippen molar-refractivity contribution in [1.29, 1.82) is 0 Å². The average Bonchev–Trinajstić information content (AvgIpc) is 3.12. The second-order valence-electron chi connectivity index (χ2n) is 11.3. The van der Waals surface area contributed by atoms with Crippen molar-refractivity contribution in [3.8, 4) is 0 Å². The van der Waals surface area contributed by atoms with Gasteiger partial charge in [-0.3, -0.25) is 0 Å². The second-order valence-corrected chi connectivity index (χ2v) is 11.8. The normalized spacial score (nSPS) is 45.8. The number of rotatable bonds is 2. The van der Waals surface area contributed by atoms with E-state index in [1.54, 1.807) is 24.3 Å². The molecule has 176 valence electrons. The number of esters is 1. The Bertz CT molecular complexity index is 946. The molecule has 0 spiro atoms. The topological polar surface area (TPSA) is 74.2 Å². The molecular formula is C25H33ClO6. The molecule has 5 rings (SSSR count). The molecule has 2 saturated heterocycles. The zero-order chi connectivity index (χ0) is 23.3. The molecule has 2 aliphatic carbocycles. The molecule has 0 radical (unpaired) electrons. The molecule has 1 N–H and O–H groups in total. The summed E-state index contributed by atoms with van der Waals surface area (Å²) in [5.41, 5.74) is -1.89. The van der Waals surface area contributed by atoms with Crippen molar-refractivity contribution < 1.29 is 28.8 Å². The minimum Gasteiger partial charge on any atom is -0.429 e. The van der Waals surface area contributed by atoms with Crippen LogP contribution in [0.15, 0.2) is 24.3 Å². The van der Waals surface area contributed by atoms with Crippen LogP contribution in [0.4, 0.5) is 0 Å². The zero-order valence-electron chi connectivity index (χ0n) is 19.6. The number of hydrogen-bond acceptors (Lipinski definition) is 6. The van der Waals surface area contributed by atoms with Crippen LogP contribution >= 0.6 is 11.6 Å². The van der Waals surface area contributed by atoms with Crippen molar-refractivity contribution >= 4 is 17.6 Å². The Morgan fingerprint density at radius 3 is 2.53 bits per heavy atom. The van der Waals surface area contributed by atoms with Crippen LogP contribution < -0.4 is 0 Å². The minimum absolute atomic E-state index is 0.0309. The number of halogens is 1. The van der Waals surface area contributed by atoms with Crippen LogP contribution in [-0.4, -0.2) is 47.1 Å². The van der Waals surface area contributed by atoms with E-state index in [-0.39, 0.29) is 35.6 Å². The summed E-state index contributed by atoms with van der Waals surface area (Å²) in [6.45, 7) is 12.3. The summed E-state index contributed by atoms with van der Waals surface area (Å²) in [5, 5.41) is 12.9. The molecule has 0 bridgehead atoms. The summed E-state index contributed by atoms with van der Waals surface area (Å²) in [6.07, 6.45) is -0.164. The highest BCUT2D eigenvalue weighted by Crippen LogP contribution is 2.69. The molecular weight excluding hydrogens is 432 g/mol. The molecule has 1 aromatic carbocycles. The predicted octanol–water partition coefficient (Wildman–Crippen LogP) is 4.57. The van der Waals surface area contributed by atoms with Gasteiger partial charge in [0.1, 0.15) is 5.60 Å². The van der Waals surface area contributed by atoms with Gasteiger partial charge < -0.3 is 24.1 Å². The first-order valence-corrected chi connectivity index (χ1v) is 11.9. The van der Waals surface area contributed by atoms with Gasteiger partial charge in [0.05, 0.1) is 23.9 Å². The Morgan fingerprint density at radius 1 is 1.16 bits per heavy atom. The standard InChI is InChI=1S/C25H33ClO6/c1-13-17-18(32-23(4,5)31-17)19-22(2,3)11-10-16-24(19,6)25(13,28)21(29-16)30-20(27)14-8-7-9-15(26)12-14/h7-9,12-13,16-19,21,28H,10-11H2,1-6H3/t13-,16+,17-,18-,19+,21?,24+,25-/m1/s1. The lowest BCUT2D eigenvalue weighted by molar-refractivity contribution is -0.263. The summed E-state index contributed by atoms with van der Waals surface area (Å²) < 4.78 is 25.0. The lowest BCUT2D eigenvalue weighted by Gasteiger charge is -2.63. The van der Waals surface area contributed by atoms with E-state index in [1.165, 1.54) is 0 Å². The maximum atomic E-state index is 13.0. The Morgan fingerprint density at radius 2 is 1.84 bits per heavy atom. The molecule has 32 heavy (non-hydrogen) atoms. The molecule has 4 fully saturated rings. The van der Waals surface area contributed by atoms with Gasteiger partial charge in [0.2, 0.25) is 6.29 Å². The van der Waals surface area contributed by atoms with E-state index >= 15 is 0 Å². The fourth-order valence-corrected chi connectivity index (χ4v) is 7.49. The number of ether oxygens (including phenoxy) is 4. The third-order valence-electron chi connectivity index (χ3n) is 8.67. The average molecular weight is 465 g/mol. The SMILES string of the molecule is C[C@@H]1[C@H]2OC(C)(C)O[C@H]2[C@H]2C(C)(C)CC[C@@H]3OC(OC(=O)c4cccc(Cl)c4)[C@@]1(O)[C@@]32C. The largest absolute Gasteiger partial charge is 0.429 e. The van der Waals surface area contributed by atoms with Crippen LogP contribution in [-0.2, 0) is 18.9 Å². The molecule has 1 aromatic rings. The van der Waals surface area contributed by atoms with Gasteiger partial charge in [0, 0.05) is 22.3 Å². The maximum Gasteiger partial charge on any atom is 0.340 e. The van der Waals surface area contributed by atoms with Crippen LogP contribution in [0, 0.1) is 22.7 Å². The number of carbonyl (C=O) groups excluding carboxylic acids is 1. The molecule has 0 amide bonds. The van der Waals surface area contributed by atoms with Crippen molar-refractivity contribution in [3.63, 3.8) is 0 Å². The van der Waals surface area contributed by atoms with Gasteiger partial charge in [-0.2, -0.15) is 0 Å². The van der Waals surface area contributed by atoms with Gasteiger partial charge in [-0.15, -0.1) is 0 Å². The van der Waals surface area contributed by atoms with E-state index in [9.17, 15) is 9.90 Å². The van der Waals surface area contributed by atoms with Crippen molar-refractivity contribution in [2.24, 2.45) is 22.7 Å². The summed E-state index contributed by atoms with van der Waals surface area (Å²) in [6, 6.07) is 6.59. The van der Waals surface area contributed by atoms with Gasteiger partial charge in [0.25, 0.3) is 0 Å². The maximum absolute atomic E-state index is 13.0. The van der Waals surface area contributed by atoms with Gasteiger partial charge >= 0.3 is 5.97 Å². The smallest absolute Gasteiger partial charge is 0.340 e. The first-order chi connectivity index (χ1) is 14.8. The number of carbonyl (C=O) groups is 1. The van der Waals surface area contributed by atoms with Crippen molar-refractivity contribution in [3.05, 3.63) is 34.9 Å². The minimum atomic E-state index is -1.43. The second kappa shape index (κ2) is 6.92. The highest BCUT2D eigenvalue weighted by atomic mass is 35.5. The Balaban J connectivity index is 1.57. The third-order valence-corrected chi connectivity index (χ3v) is 8.91. The Hall–Kier alpha value is -1.18. The summed E-state index contributed by atoms with van der Waals surface area (Å²) in [4.78, 5) is 13.0. The molecule has 2 saturated carbocycles. The van der Waals surface area contributed by atoms with E-state index in [2.05, 4.69) is 20.8 Å². The van der Waals surface area contributed by atoms with Crippen LogP contribution in [0.2, 0.25) is 5.02 Å². The molecule has 6 nitrogen and oxygen atoms in total. The first kappa shape index (κ1) is 22.6. The highest BCUT2D eigenvalue weighted by Gasteiger charge is 2.79. The molecule has 7 heteroatoms. The highest BCUT2D eigenvalue weighted by molar-refractivity contribution is 6.30. The van der Waals surface area contributed by atoms with Crippen LogP contribution in [0.5, 0.6) is 0 Å². The van der Waals surface area contributed by atoms with Crippen LogP contribution in [0.1, 0.15) is 64.7 Å². The van der Waals surface area contributed by atoms with E-state index in [0.717, 1.165) is 12.8 Å². The molecule has 8 atom stereocenters. The lowest BCUT2D eigenvalue weighted by Crippen LogP contribution is -2.73. The molecule has 1 unspecified atom stereocenters. The Labute approximate surface area is 194 Å². The van der Waals surface area contributed by atoms with E-state index < -0.39 is 29.1 Å². The van der Waals surface area contributed by atoms with E-state index in [4.69, 9.17) is 30.5 Å². The fraction of sp³-hybridized carbons (Fsp3) is 0.720. The van der Waals surface area contributed by atoms with Gasteiger partial charge in [0.15, 0.2) is 5.79 Å². The molecule has 2 heterocycles. The van der Waals surface area contributed by atoms with Crippen molar-refractivity contribution in [2.45, 2.75) is 90.4 Å². The van der Waals surface area contributed by atoms with Crippen molar-refractivity contribution in [1.82, 2.24) is 0 Å². The zero-order valence-corrected chi connectivity index (χ0v) is 20.3. The van der Waals surface area contributed by atoms with Crippen molar-refractivity contribution in [2.75, 3.05) is 0 Å². The lowest BCUT2D eigenvalue weighted by atomic mass is 9.43. The molecule has 0 aromatic heterocycles. The fourth-order valence-electron chi connectivity index (χ4n) is 7.30. The Kier molecular flexibility index (Phi) is 4.89. The molecule has 2 aliphatic heterocycles. The summed E-state index contributed by atoms with van der Waals surface area (Å²) >= 11 is 6.06. The first-order valence-electron chi connectivity index (χ1n) is 11.5. The summed E-state index contributed by atoms with van der Waals surface area (Å²) in [5.74, 6) is -1.71. The van der Waals surface area contributed by atoms with E-state index in [1.807, 2.05) is 20.8 Å². The summed E-state index contributed by atoms with van der Waals surface area (Å²) in [7, 11) is 0. The number of benzene rings is 1. The predicted molar refractivity (Wildman–Crippen MR) is 118 cm³/mol. The van der Waals surface area contributed by atoms with Gasteiger partial charge in [-0.25, -0.2) is 4.79 Å². The quantitative estimate of drug-likeness (QED) is 0.646. The monoisotopic (exact) mass is 464 g/mol. The van der Waals surface area contributed by atoms with Crippen LogP contribution in [0.3, 0.4) is 0 Å². The van der Waals surface area contributed by atoms with Crippen LogP contribution in [0.25, 0.3) is 0 Å². The third kappa shape index (κ3) is 2.89. The number of aliphatic hydroxyl groups is 1. The molecule has 4 aliphatic rings. The van der Waals surface area contributed by atoms with E-state index in [0.29, 0.717) is 10.6 Å². The number of hydrogen-bond donors (Lipinski definition) is 1.